The molecule has 0 fully saturated rings. The van der Waals surface area contributed by atoms with Crippen molar-refractivity contribution in [2.75, 3.05) is 28.2 Å². The fraction of sp³-hybridized carbons (Fsp3) is 0.889. The van der Waals surface area contributed by atoms with Crippen molar-refractivity contribution in [3.8, 4) is 0 Å². The van der Waals surface area contributed by atoms with Crippen molar-refractivity contribution in [2.24, 2.45) is 3.34 Å². The van der Waals surface area contributed by atoms with Crippen molar-refractivity contribution in [1.82, 2.24) is 0 Å². The molecule has 3 nitrogen and oxygen atoms in total. The Morgan fingerprint density at radius 1 is 0.923 bits per heavy atom. The van der Waals surface area contributed by atoms with Crippen LogP contribution in [0.4, 0.5) is 0 Å². The molecule has 0 aliphatic carbocycles. The Labute approximate surface area is 96.9 Å². The summed E-state index contributed by atoms with van der Waals surface area (Å²) in [4.78, 5) is 0. The van der Waals surface area contributed by atoms with E-state index in [1.54, 1.807) is 28.2 Å². The van der Waals surface area contributed by atoms with E-state index in [-0.39, 0.29) is 13.0 Å². The third-order valence-electron chi connectivity index (χ3n) is 0.300. The van der Waals surface area contributed by atoms with Gasteiger partial charge in [-0.1, -0.05) is 0 Å². The van der Waals surface area contributed by atoms with E-state index in [1.165, 1.54) is 20.9 Å². The molecule has 0 aliphatic heterocycles. The predicted octanol–water partition coefficient (Wildman–Crippen LogP) is 3.20. The van der Waals surface area contributed by atoms with Crippen molar-refractivity contribution in [3.05, 3.63) is 18.1 Å². The van der Waals surface area contributed by atoms with Crippen LogP contribution in [0.1, 0.15) is 20.8 Å². The van der Waals surface area contributed by atoms with Gasteiger partial charge in [-0.05, 0) is 0 Å². The second kappa shape index (κ2) is 18.3. The minimum atomic E-state index is 0. The quantitative estimate of drug-likeness (QED) is 0.477. The van der Waals surface area contributed by atoms with Crippen LogP contribution in [-0.2, 0) is 20.9 Å². The smallest absolute Gasteiger partial charge is 0.162 e. The third kappa shape index (κ3) is 114. The van der Waals surface area contributed by atoms with E-state index in [1.807, 2.05) is 0 Å². The first-order chi connectivity index (χ1) is 5.39. The maximum atomic E-state index is 4.07. The first-order valence-electron chi connectivity index (χ1n) is 3.71. The fourth-order valence-corrected chi connectivity index (χ4v) is 0. The summed E-state index contributed by atoms with van der Waals surface area (Å²) in [5, 5.41) is 7.00. The molecule has 0 saturated heterocycles. The number of hydrogen-bond acceptors (Lipinski definition) is 1. The number of rotatable bonds is 0. The van der Waals surface area contributed by atoms with Gasteiger partial charge in [0.15, 0.2) is 0 Å². The first-order valence-corrected chi connectivity index (χ1v) is 4.70. The molecule has 0 aromatic carbocycles. The average molecular weight is 267 g/mol. The molecular weight excluding hydrogens is 243 g/mol. The average Bonchev–Trinajstić information content (AvgIpc) is 1.90. The van der Waals surface area contributed by atoms with Crippen LogP contribution < -0.4 is 0 Å². The van der Waals surface area contributed by atoms with Crippen LogP contribution in [0.3, 0.4) is 0 Å². The van der Waals surface area contributed by atoms with Gasteiger partial charge in [0.2, 0.25) is 0 Å². The minimum absolute atomic E-state index is 0. The molecule has 13 heavy (non-hydrogen) atoms. The van der Waals surface area contributed by atoms with E-state index in [9.17, 15) is 0 Å². The Hall–Kier alpha value is 0.460. The van der Waals surface area contributed by atoms with Crippen molar-refractivity contribution < 1.29 is 20.9 Å². The molecule has 0 rings (SSSR count). The second-order valence-electron chi connectivity index (χ2n) is 3.17. The van der Waals surface area contributed by atoms with Crippen LogP contribution in [0.15, 0.2) is 3.34 Å². The van der Waals surface area contributed by atoms with Crippen molar-refractivity contribution in [1.29, 1.82) is 0 Å². The summed E-state index contributed by atoms with van der Waals surface area (Å²) in [7, 11) is 7.00. The van der Waals surface area contributed by atoms with Crippen LogP contribution in [0.25, 0.3) is 10.6 Å². The summed E-state index contributed by atoms with van der Waals surface area (Å²) in [6.07, 6.45) is 0. The molecule has 0 aromatic rings. The summed E-state index contributed by atoms with van der Waals surface area (Å²) >= 11 is 1.52. The van der Waals surface area contributed by atoms with Crippen LogP contribution in [0.5, 0.6) is 0 Å². The van der Waals surface area contributed by atoms with E-state index >= 15 is 0 Å². The summed E-state index contributed by atoms with van der Waals surface area (Å²) in [6.45, 7) is 6.27. The monoisotopic (exact) mass is 267 g/mol. The van der Waals surface area contributed by atoms with Gasteiger partial charge in [0.1, 0.15) is 0 Å². The van der Waals surface area contributed by atoms with Gasteiger partial charge in [-0.15, -0.1) is 0 Å². The molecule has 83 valence electrons. The van der Waals surface area contributed by atoms with Gasteiger partial charge in [0.05, 0.1) is 0 Å². The fourth-order valence-electron chi connectivity index (χ4n) is 0. The van der Waals surface area contributed by atoms with E-state index in [2.05, 4.69) is 34.7 Å². The molecule has 0 heterocycles. The van der Waals surface area contributed by atoms with Crippen LogP contribution in [0, 0.1) is 7.43 Å². The van der Waals surface area contributed by atoms with Crippen LogP contribution in [-0.4, -0.2) is 33.7 Å². The van der Waals surface area contributed by atoms with Gasteiger partial charge < -0.3 is 18.1 Å². The Morgan fingerprint density at radius 3 is 1.00 bits per heavy atom. The molecule has 0 bridgehead atoms. The number of nitrogens with zero attached hydrogens (tertiary/aromatic N) is 3. The molecule has 0 saturated carbocycles. The molecule has 0 aromatic heterocycles. The molecule has 0 N–H and O–H groups in total. The van der Waals surface area contributed by atoms with Gasteiger partial charge in [0, 0.05) is 0 Å². The van der Waals surface area contributed by atoms with Gasteiger partial charge in [-0.2, -0.15) is 28.2 Å². The Kier molecular flexibility index (Phi) is 32.8. The molecule has 0 radical (unpaired) electrons. The molecular formula is C9H24N3Nb-3. The number of hydrogen-bond donors (Lipinski definition) is 0. The molecule has 4 heteroatoms. The molecule has 0 spiro atoms. The second-order valence-corrected chi connectivity index (χ2v) is 3.66. The largest absolute Gasteiger partial charge is 0.668 e. The summed E-state index contributed by atoms with van der Waals surface area (Å²) in [6, 6.07) is 0. The maximum absolute atomic E-state index is 4.07. The zero-order chi connectivity index (χ0) is 10.6. The van der Waals surface area contributed by atoms with Crippen molar-refractivity contribution in [3.63, 3.8) is 0 Å². The maximum Gasteiger partial charge on any atom is -0.162 e. The van der Waals surface area contributed by atoms with Crippen molar-refractivity contribution in [2.45, 2.75) is 26.3 Å². The molecule has 0 amide bonds. The normalized spacial score (nSPS) is 7.85. The zero-order valence-electron chi connectivity index (χ0n) is 10.3. The predicted molar refractivity (Wildman–Crippen MR) is 59.0 cm³/mol. The van der Waals surface area contributed by atoms with Gasteiger partial charge in [-0.3, -0.25) is 0 Å². The summed E-state index contributed by atoms with van der Waals surface area (Å²) < 4.78 is 4.07. The van der Waals surface area contributed by atoms with E-state index in [4.69, 9.17) is 0 Å². The van der Waals surface area contributed by atoms with Crippen LogP contribution >= 0.6 is 0 Å². The minimum Gasteiger partial charge on any atom is -0.668 e. The van der Waals surface area contributed by atoms with E-state index in [0.29, 0.717) is 0 Å². The Bertz CT molecular complexity index is 77.4. The summed E-state index contributed by atoms with van der Waals surface area (Å²) in [5.74, 6) is 0. The third-order valence-corrected chi connectivity index (χ3v) is 1.77. The molecule has 0 unspecified atom stereocenters. The van der Waals surface area contributed by atoms with Crippen LogP contribution in [0.2, 0.25) is 0 Å². The van der Waals surface area contributed by atoms with E-state index < -0.39 is 0 Å². The molecule has 0 aliphatic rings. The van der Waals surface area contributed by atoms with E-state index in [0.717, 1.165) is 0 Å². The molecule has 0 atom stereocenters. The van der Waals surface area contributed by atoms with Gasteiger partial charge in [0.25, 0.3) is 0 Å². The first kappa shape index (κ1) is 23.4. The van der Waals surface area contributed by atoms with Gasteiger partial charge >= 0.3 is 50.5 Å². The Morgan fingerprint density at radius 2 is 1.00 bits per heavy atom. The van der Waals surface area contributed by atoms with Crippen molar-refractivity contribution >= 4 is 0 Å². The SMILES string of the molecule is CC(C)(C)[N]=[Nb].C[N-]C.C[N-]C.[CH3-]. The zero-order valence-corrected chi connectivity index (χ0v) is 12.5. The standard InChI is InChI=1S/C4H9N.2C2H6N.CH3.Nb/c1-4(2,3)5;2*1-3-2;;/h1-3H3;2*1-2H3;1H3;/q;3*-1;. The topological polar surface area (TPSA) is 40.6 Å². The summed E-state index contributed by atoms with van der Waals surface area (Å²) in [5.41, 5.74) is 0.189. The van der Waals surface area contributed by atoms with Gasteiger partial charge in [-0.25, -0.2) is 0 Å². The Balaban J connectivity index is -0.0000000501.